The van der Waals surface area contributed by atoms with E-state index in [0.717, 1.165) is 0 Å². The molecule has 2 aromatic rings. The fraction of sp³-hybridized carbons (Fsp3) is 0.100. The van der Waals surface area contributed by atoms with E-state index in [1.807, 2.05) is 0 Å². The smallest absolute Gasteiger partial charge is 0.185 e. The molecule has 0 atom stereocenters. The van der Waals surface area contributed by atoms with Crippen LogP contribution in [0.5, 0.6) is 0 Å². The fourth-order valence-electron chi connectivity index (χ4n) is 1.27. The highest BCUT2D eigenvalue weighted by Crippen LogP contribution is 2.13. The summed E-state index contributed by atoms with van der Waals surface area (Å²) in [6, 6.07) is 8.35. The monoisotopic (exact) mass is 222 g/mol. The molecule has 1 N–H and O–H groups in total. The molecule has 0 radical (unpaired) electrons. The van der Waals surface area contributed by atoms with Crippen LogP contribution in [0, 0.1) is 0 Å². The first-order valence-corrected chi connectivity index (χ1v) is 6.10. The summed E-state index contributed by atoms with van der Waals surface area (Å²) in [6.45, 7) is 0. The molecule has 1 aromatic carbocycles. The first kappa shape index (κ1) is 9.92. The van der Waals surface area contributed by atoms with Crippen molar-refractivity contribution < 1.29 is 8.42 Å². The number of hydrogen-bond donors (Lipinski definition) is 1. The maximum Gasteiger partial charge on any atom is 0.185 e. The summed E-state index contributed by atoms with van der Waals surface area (Å²) in [5, 5.41) is 0. The second kappa shape index (κ2) is 3.86. The van der Waals surface area contributed by atoms with Gasteiger partial charge in [0.2, 0.25) is 0 Å². The number of aromatic nitrogens is 2. The minimum Gasteiger partial charge on any atom is -0.348 e. The number of aromatic amines is 1. The average Bonchev–Trinajstić information content (AvgIpc) is 2.71. The van der Waals surface area contributed by atoms with Gasteiger partial charge in [0.1, 0.15) is 11.6 Å². The van der Waals surface area contributed by atoms with Crippen LogP contribution in [0.4, 0.5) is 0 Å². The summed E-state index contributed by atoms with van der Waals surface area (Å²) in [5.41, 5.74) is 0. The van der Waals surface area contributed by atoms with Crippen LogP contribution >= 0.6 is 0 Å². The third-order valence-electron chi connectivity index (χ3n) is 1.98. The van der Waals surface area contributed by atoms with Crippen LogP contribution in [0.1, 0.15) is 5.82 Å². The highest BCUT2D eigenvalue weighted by molar-refractivity contribution is 7.90. The lowest BCUT2D eigenvalue weighted by Gasteiger charge is -2.01. The Balaban J connectivity index is 2.29. The van der Waals surface area contributed by atoms with Gasteiger partial charge in [0.15, 0.2) is 9.84 Å². The predicted molar refractivity (Wildman–Crippen MR) is 55.9 cm³/mol. The quantitative estimate of drug-likeness (QED) is 0.853. The second-order valence-corrected chi connectivity index (χ2v) is 5.10. The molecule has 15 heavy (non-hydrogen) atoms. The van der Waals surface area contributed by atoms with E-state index >= 15 is 0 Å². The zero-order chi connectivity index (χ0) is 10.7. The molecule has 0 bridgehead atoms. The van der Waals surface area contributed by atoms with E-state index in [2.05, 4.69) is 9.97 Å². The lowest BCUT2D eigenvalue weighted by molar-refractivity contribution is 0.594. The molecule has 5 heteroatoms. The van der Waals surface area contributed by atoms with Crippen molar-refractivity contribution in [3.8, 4) is 0 Å². The molecule has 0 fully saturated rings. The Morgan fingerprint density at radius 2 is 1.93 bits per heavy atom. The SMILES string of the molecule is O=S(=O)(Cc1ncc[nH]1)c1ccccc1. The summed E-state index contributed by atoms with van der Waals surface area (Å²) in [7, 11) is -3.28. The number of sulfone groups is 1. The Kier molecular flexibility index (Phi) is 2.55. The van der Waals surface area contributed by atoms with Gasteiger partial charge in [-0.2, -0.15) is 0 Å². The molecule has 4 nitrogen and oxygen atoms in total. The summed E-state index contributed by atoms with van der Waals surface area (Å²) >= 11 is 0. The fourth-order valence-corrected chi connectivity index (χ4v) is 2.52. The van der Waals surface area contributed by atoms with Crippen LogP contribution in [0.2, 0.25) is 0 Å². The molecule has 78 valence electrons. The number of H-pyrrole nitrogens is 1. The first-order valence-electron chi connectivity index (χ1n) is 4.44. The van der Waals surface area contributed by atoms with Gasteiger partial charge in [-0.3, -0.25) is 0 Å². The lowest BCUT2D eigenvalue weighted by atomic mass is 10.4. The van der Waals surface area contributed by atoms with Crippen molar-refractivity contribution in [1.82, 2.24) is 9.97 Å². The van der Waals surface area contributed by atoms with Gasteiger partial charge in [-0.25, -0.2) is 13.4 Å². The molecule has 0 aliphatic carbocycles. The van der Waals surface area contributed by atoms with E-state index < -0.39 is 9.84 Å². The van der Waals surface area contributed by atoms with Crippen molar-refractivity contribution in [2.24, 2.45) is 0 Å². The molecule has 0 aliphatic heterocycles. The third kappa shape index (κ3) is 2.24. The summed E-state index contributed by atoms with van der Waals surface area (Å²) in [5.74, 6) is 0.364. The van der Waals surface area contributed by atoms with E-state index in [0.29, 0.717) is 10.7 Å². The molecule has 0 amide bonds. The van der Waals surface area contributed by atoms with E-state index in [-0.39, 0.29) is 5.75 Å². The van der Waals surface area contributed by atoms with Crippen LogP contribution < -0.4 is 0 Å². The van der Waals surface area contributed by atoms with E-state index in [4.69, 9.17) is 0 Å². The van der Waals surface area contributed by atoms with Crippen LogP contribution in [0.3, 0.4) is 0 Å². The van der Waals surface area contributed by atoms with Gasteiger partial charge in [-0.1, -0.05) is 18.2 Å². The zero-order valence-electron chi connectivity index (χ0n) is 7.92. The average molecular weight is 222 g/mol. The number of nitrogens with zero attached hydrogens (tertiary/aromatic N) is 1. The Hall–Kier alpha value is -1.62. The molecule has 0 aliphatic rings. The maximum absolute atomic E-state index is 11.8. The summed E-state index contributed by atoms with van der Waals surface area (Å²) < 4.78 is 23.7. The van der Waals surface area contributed by atoms with Crippen LogP contribution in [0.15, 0.2) is 47.6 Å². The molecular weight excluding hydrogens is 212 g/mol. The normalized spacial score (nSPS) is 11.5. The zero-order valence-corrected chi connectivity index (χ0v) is 8.74. The van der Waals surface area contributed by atoms with Crippen molar-refractivity contribution in [1.29, 1.82) is 0 Å². The van der Waals surface area contributed by atoms with E-state index in [9.17, 15) is 8.42 Å². The summed E-state index contributed by atoms with van der Waals surface area (Å²) in [6.07, 6.45) is 3.14. The van der Waals surface area contributed by atoms with Gasteiger partial charge < -0.3 is 4.98 Å². The van der Waals surface area contributed by atoms with E-state index in [1.54, 1.807) is 36.5 Å². The largest absolute Gasteiger partial charge is 0.348 e. The van der Waals surface area contributed by atoms with Crippen LogP contribution in [-0.2, 0) is 15.6 Å². The van der Waals surface area contributed by atoms with E-state index in [1.165, 1.54) is 6.20 Å². The molecule has 2 rings (SSSR count). The number of nitrogens with one attached hydrogen (secondary N) is 1. The Labute approximate surface area is 87.9 Å². The third-order valence-corrected chi connectivity index (χ3v) is 3.63. The van der Waals surface area contributed by atoms with Gasteiger partial charge in [-0.05, 0) is 12.1 Å². The predicted octanol–water partition coefficient (Wildman–Crippen LogP) is 1.38. The number of hydrogen-bond acceptors (Lipinski definition) is 3. The van der Waals surface area contributed by atoms with Gasteiger partial charge >= 0.3 is 0 Å². The lowest BCUT2D eigenvalue weighted by Crippen LogP contribution is -2.05. The van der Waals surface area contributed by atoms with Gasteiger partial charge in [0.25, 0.3) is 0 Å². The number of imidazole rings is 1. The molecule has 0 saturated carbocycles. The van der Waals surface area contributed by atoms with Gasteiger partial charge in [0, 0.05) is 12.4 Å². The Morgan fingerprint density at radius 1 is 1.20 bits per heavy atom. The Bertz CT molecular complexity index is 518. The number of benzene rings is 1. The highest BCUT2D eigenvalue weighted by atomic mass is 32.2. The van der Waals surface area contributed by atoms with Crippen molar-refractivity contribution in [2.45, 2.75) is 10.6 Å². The highest BCUT2D eigenvalue weighted by Gasteiger charge is 2.15. The standard InChI is InChI=1S/C10H10N2O2S/c13-15(14,8-10-11-6-7-12-10)9-4-2-1-3-5-9/h1-7H,8H2,(H,11,12). The molecule has 0 saturated heterocycles. The van der Waals surface area contributed by atoms with Crippen LogP contribution in [0.25, 0.3) is 0 Å². The van der Waals surface area contributed by atoms with Crippen molar-refractivity contribution in [3.05, 3.63) is 48.5 Å². The van der Waals surface area contributed by atoms with Gasteiger partial charge in [-0.15, -0.1) is 0 Å². The van der Waals surface area contributed by atoms with Gasteiger partial charge in [0.05, 0.1) is 4.90 Å². The molecule has 0 unspecified atom stereocenters. The number of rotatable bonds is 3. The van der Waals surface area contributed by atoms with Crippen LogP contribution in [-0.4, -0.2) is 18.4 Å². The minimum absolute atomic E-state index is 0.0932. The van der Waals surface area contributed by atoms with Crippen molar-refractivity contribution >= 4 is 9.84 Å². The molecule has 1 aromatic heterocycles. The maximum atomic E-state index is 11.8. The minimum atomic E-state index is -3.28. The second-order valence-electron chi connectivity index (χ2n) is 3.11. The summed E-state index contributed by atoms with van der Waals surface area (Å²) in [4.78, 5) is 6.99. The Morgan fingerprint density at radius 3 is 2.53 bits per heavy atom. The van der Waals surface area contributed by atoms with Crippen molar-refractivity contribution in [3.63, 3.8) is 0 Å². The molecule has 1 heterocycles. The van der Waals surface area contributed by atoms with Crippen molar-refractivity contribution in [2.75, 3.05) is 0 Å². The molecule has 0 spiro atoms. The molecular formula is C10H10N2O2S. The topological polar surface area (TPSA) is 62.8 Å². The first-order chi connectivity index (χ1) is 7.18.